The molecule has 0 saturated heterocycles. The lowest BCUT2D eigenvalue weighted by atomic mass is 10.2. The molecule has 1 N–H and O–H groups in total. The van der Waals surface area contributed by atoms with Crippen molar-refractivity contribution in [1.29, 1.82) is 0 Å². The van der Waals surface area contributed by atoms with Crippen molar-refractivity contribution in [2.75, 3.05) is 5.32 Å². The van der Waals surface area contributed by atoms with Crippen LogP contribution in [-0.4, -0.2) is 15.9 Å². The predicted molar refractivity (Wildman–Crippen MR) is 66.5 cm³/mol. The molecule has 0 aliphatic carbocycles. The number of benzene rings is 1. The van der Waals surface area contributed by atoms with E-state index in [2.05, 4.69) is 15.3 Å². The smallest absolute Gasteiger partial charge is 0.259 e. The van der Waals surface area contributed by atoms with Gasteiger partial charge in [0.2, 0.25) is 11.2 Å². The molecule has 1 aromatic heterocycles. The Hall–Kier alpha value is -1.85. The Morgan fingerprint density at radius 2 is 1.94 bits per heavy atom. The van der Waals surface area contributed by atoms with Crippen LogP contribution in [0.4, 0.5) is 5.69 Å². The summed E-state index contributed by atoms with van der Waals surface area (Å²) in [5, 5.41) is 2.58. The summed E-state index contributed by atoms with van der Waals surface area (Å²) in [5.41, 5.74) is 0.602. The fourth-order valence-corrected chi connectivity index (χ4v) is 2.01. The normalized spacial score (nSPS) is 12.9. The number of halogens is 2. The Morgan fingerprint density at radius 3 is 2.78 bits per heavy atom. The maximum atomic E-state index is 12.0. The summed E-state index contributed by atoms with van der Waals surface area (Å²) in [6.07, 6.45) is 0. The first-order valence-electron chi connectivity index (χ1n) is 4.96. The highest BCUT2D eigenvalue weighted by Crippen LogP contribution is 2.37. The van der Waals surface area contributed by atoms with Crippen LogP contribution >= 0.6 is 23.2 Å². The van der Waals surface area contributed by atoms with Gasteiger partial charge in [-0.1, -0.05) is 23.7 Å². The fraction of sp³-hybridized carbons (Fsp3) is 0. The topological polar surface area (TPSA) is 64.1 Å². The number of fused-ring (bicyclic) bond motifs is 2. The molecule has 0 bridgehead atoms. The quantitative estimate of drug-likeness (QED) is 0.595. The van der Waals surface area contributed by atoms with Crippen LogP contribution in [-0.2, 0) is 0 Å². The Bertz CT molecular complexity index is 661. The number of para-hydroxylation sites is 1. The molecule has 0 atom stereocenters. The number of hydrogen-bond donors (Lipinski definition) is 1. The van der Waals surface area contributed by atoms with Gasteiger partial charge < -0.3 is 10.1 Å². The lowest BCUT2D eigenvalue weighted by Gasteiger charge is -2.07. The lowest BCUT2D eigenvalue weighted by Crippen LogP contribution is -2.11. The van der Waals surface area contributed by atoms with Crippen LogP contribution in [0.1, 0.15) is 10.4 Å². The molecule has 3 rings (SSSR count). The van der Waals surface area contributed by atoms with Gasteiger partial charge >= 0.3 is 0 Å². The molecule has 1 aliphatic rings. The van der Waals surface area contributed by atoms with Gasteiger partial charge in [0, 0.05) is 0 Å². The second-order valence-electron chi connectivity index (χ2n) is 3.52. The van der Waals surface area contributed by atoms with Crippen molar-refractivity contribution in [3.63, 3.8) is 0 Å². The van der Waals surface area contributed by atoms with E-state index in [9.17, 15) is 4.79 Å². The van der Waals surface area contributed by atoms with E-state index >= 15 is 0 Å². The van der Waals surface area contributed by atoms with E-state index in [1.807, 2.05) is 0 Å². The number of nitrogens with one attached hydrogen (secondary N) is 1. The van der Waals surface area contributed by atoms with Gasteiger partial charge in [0.1, 0.15) is 11.4 Å². The monoisotopic (exact) mass is 281 g/mol. The number of amides is 1. The Labute approximate surface area is 112 Å². The van der Waals surface area contributed by atoms with Crippen LogP contribution in [0.25, 0.3) is 0 Å². The van der Waals surface area contributed by atoms with Crippen LogP contribution in [0.2, 0.25) is 10.4 Å². The minimum absolute atomic E-state index is 0.0335. The Kier molecular flexibility index (Phi) is 2.57. The number of ether oxygens (including phenoxy) is 1. The Balaban J connectivity index is 2.21. The van der Waals surface area contributed by atoms with Crippen molar-refractivity contribution in [3.8, 4) is 11.6 Å². The molecule has 0 radical (unpaired) electrons. The summed E-state index contributed by atoms with van der Waals surface area (Å²) in [6, 6.07) is 6.78. The van der Waals surface area contributed by atoms with Crippen LogP contribution in [0, 0.1) is 0 Å². The van der Waals surface area contributed by atoms with Crippen molar-refractivity contribution in [2.24, 2.45) is 0 Å². The number of nitrogens with zero attached hydrogens (tertiary/aromatic N) is 2. The van der Waals surface area contributed by atoms with Gasteiger partial charge in [-0.15, -0.1) is 0 Å². The summed E-state index contributed by atoms with van der Waals surface area (Å²) in [4.78, 5) is 19.6. The molecule has 90 valence electrons. The highest BCUT2D eigenvalue weighted by Gasteiger charge is 2.24. The third-order valence-electron chi connectivity index (χ3n) is 2.38. The van der Waals surface area contributed by atoms with Gasteiger partial charge in [-0.3, -0.25) is 4.79 Å². The average molecular weight is 282 g/mol. The molecule has 1 aromatic carbocycles. The van der Waals surface area contributed by atoms with Crippen LogP contribution < -0.4 is 10.1 Å². The third kappa shape index (κ3) is 1.77. The maximum absolute atomic E-state index is 12.0. The second kappa shape index (κ2) is 4.12. The van der Waals surface area contributed by atoms with Crippen molar-refractivity contribution in [2.45, 2.75) is 0 Å². The van der Waals surface area contributed by atoms with Crippen molar-refractivity contribution < 1.29 is 9.53 Å². The zero-order valence-corrected chi connectivity index (χ0v) is 10.3. The standard InChI is InChI=1S/C11H5Cl2N3O2/c12-8-7-10(16-11(13)15-8)18-6-4-2-1-3-5(6)9(17)14-7/h1-4H,(H,14,17). The number of anilines is 1. The molecule has 18 heavy (non-hydrogen) atoms. The molecule has 5 nitrogen and oxygen atoms in total. The molecule has 7 heteroatoms. The van der Waals surface area contributed by atoms with E-state index in [-0.39, 0.29) is 27.9 Å². The van der Waals surface area contributed by atoms with Gasteiger partial charge in [0.15, 0.2) is 5.15 Å². The lowest BCUT2D eigenvalue weighted by molar-refractivity contribution is 0.102. The third-order valence-corrected chi connectivity index (χ3v) is 2.82. The van der Waals surface area contributed by atoms with Gasteiger partial charge in [-0.2, -0.15) is 4.98 Å². The number of rotatable bonds is 0. The van der Waals surface area contributed by atoms with Crippen LogP contribution in [0.15, 0.2) is 24.3 Å². The summed E-state index contributed by atoms with van der Waals surface area (Å²) in [5.74, 6) is 0.176. The molecule has 0 spiro atoms. The Morgan fingerprint density at radius 1 is 1.17 bits per heavy atom. The highest BCUT2D eigenvalue weighted by atomic mass is 35.5. The van der Waals surface area contributed by atoms with Gasteiger partial charge in [0.25, 0.3) is 5.91 Å². The second-order valence-corrected chi connectivity index (χ2v) is 4.21. The van der Waals surface area contributed by atoms with E-state index in [1.165, 1.54) is 0 Å². The van der Waals surface area contributed by atoms with Gasteiger partial charge in [-0.05, 0) is 23.7 Å². The van der Waals surface area contributed by atoms with Crippen LogP contribution in [0.3, 0.4) is 0 Å². The number of hydrogen-bond acceptors (Lipinski definition) is 4. The van der Waals surface area contributed by atoms with Crippen molar-refractivity contribution >= 4 is 34.8 Å². The largest absolute Gasteiger partial charge is 0.436 e. The first kappa shape index (κ1) is 11.3. The number of carbonyl (C=O) groups excluding carboxylic acids is 1. The molecule has 1 amide bonds. The molecule has 1 aliphatic heterocycles. The summed E-state index contributed by atoms with van der Waals surface area (Å²) < 4.78 is 5.53. The molecule has 0 saturated carbocycles. The molecule has 2 heterocycles. The zero-order chi connectivity index (χ0) is 12.7. The molecule has 0 unspecified atom stereocenters. The average Bonchev–Trinajstić information content (AvgIpc) is 2.47. The SMILES string of the molecule is O=C1Nc2c(Cl)nc(Cl)nc2Oc2ccccc21. The van der Waals surface area contributed by atoms with E-state index in [4.69, 9.17) is 27.9 Å². The summed E-state index contributed by atoms with van der Waals surface area (Å²) in [6.45, 7) is 0. The minimum atomic E-state index is -0.336. The molecule has 2 aromatic rings. The van der Waals surface area contributed by atoms with E-state index < -0.39 is 0 Å². The minimum Gasteiger partial charge on any atom is -0.436 e. The molecular weight excluding hydrogens is 277 g/mol. The zero-order valence-electron chi connectivity index (χ0n) is 8.78. The first-order chi connectivity index (χ1) is 8.65. The molecular formula is C11H5Cl2N3O2. The van der Waals surface area contributed by atoms with E-state index in [0.717, 1.165) is 0 Å². The summed E-state index contributed by atoms with van der Waals surface area (Å²) >= 11 is 11.6. The van der Waals surface area contributed by atoms with E-state index in [0.29, 0.717) is 11.3 Å². The fourth-order valence-electron chi connectivity index (χ4n) is 1.60. The van der Waals surface area contributed by atoms with Crippen molar-refractivity contribution in [1.82, 2.24) is 9.97 Å². The summed E-state index contributed by atoms with van der Waals surface area (Å²) in [7, 11) is 0. The number of aromatic nitrogens is 2. The van der Waals surface area contributed by atoms with Crippen LogP contribution in [0.5, 0.6) is 11.6 Å². The number of carbonyl (C=O) groups is 1. The highest BCUT2D eigenvalue weighted by molar-refractivity contribution is 6.34. The van der Waals surface area contributed by atoms with Gasteiger partial charge in [0.05, 0.1) is 5.56 Å². The maximum Gasteiger partial charge on any atom is 0.259 e. The predicted octanol–water partition coefficient (Wildman–Crippen LogP) is 3.14. The van der Waals surface area contributed by atoms with Gasteiger partial charge in [-0.25, -0.2) is 4.98 Å². The molecule has 0 fully saturated rings. The van der Waals surface area contributed by atoms with Crippen molar-refractivity contribution in [3.05, 3.63) is 40.3 Å². The van der Waals surface area contributed by atoms with E-state index in [1.54, 1.807) is 24.3 Å². The first-order valence-corrected chi connectivity index (χ1v) is 5.72.